The number of carbonyl (C=O) groups is 1. The highest BCUT2D eigenvalue weighted by molar-refractivity contribution is 5.72. The third-order valence-electron chi connectivity index (χ3n) is 3.60. The van der Waals surface area contributed by atoms with E-state index in [0.717, 1.165) is 44.6 Å². The lowest BCUT2D eigenvalue weighted by molar-refractivity contribution is -0.145. The Bertz CT molecular complexity index is 233. The first-order valence-electron chi connectivity index (χ1n) is 5.71. The smallest absolute Gasteiger partial charge is 0.309 e. The Labute approximate surface area is 91.0 Å². The van der Waals surface area contributed by atoms with Gasteiger partial charge in [0.05, 0.1) is 13.0 Å². The third-order valence-corrected chi connectivity index (χ3v) is 3.60. The summed E-state index contributed by atoms with van der Waals surface area (Å²) in [6, 6.07) is 0. The summed E-state index contributed by atoms with van der Waals surface area (Å²) in [4.78, 5) is 13.7. The number of likely N-dealkylation sites (tertiary alicyclic amines) is 1. The zero-order valence-corrected chi connectivity index (χ0v) is 9.53. The van der Waals surface area contributed by atoms with Gasteiger partial charge in [0, 0.05) is 19.6 Å². The van der Waals surface area contributed by atoms with Crippen LogP contribution in [0.15, 0.2) is 0 Å². The minimum absolute atomic E-state index is 0.00165. The summed E-state index contributed by atoms with van der Waals surface area (Å²) in [6.45, 7) is 7.36. The number of nitrogens with zero attached hydrogens (tertiary/aromatic N) is 1. The molecule has 0 spiro atoms. The molecule has 0 aliphatic carbocycles. The first kappa shape index (κ1) is 10.9. The van der Waals surface area contributed by atoms with Gasteiger partial charge in [0.1, 0.15) is 0 Å². The average Bonchev–Trinajstić information content (AvgIpc) is 2.76. The number of fused-ring (bicyclic) bond motifs is 1. The highest BCUT2D eigenvalue weighted by Gasteiger charge is 2.36. The third kappa shape index (κ3) is 2.32. The molecule has 1 unspecified atom stereocenters. The minimum Gasteiger partial charge on any atom is -0.469 e. The Morgan fingerprint density at radius 1 is 1.47 bits per heavy atom. The van der Waals surface area contributed by atoms with Crippen LogP contribution in [0.1, 0.15) is 6.92 Å². The zero-order valence-electron chi connectivity index (χ0n) is 9.53. The summed E-state index contributed by atoms with van der Waals surface area (Å²) in [5, 5.41) is 3.41. The fourth-order valence-corrected chi connectivity index (χ4v) is 2.76. The molecular weight excluding hydrogens is 192 g/mol. The lowest BCUT2D eigenvalue weighted by Crippen LogP contribution is -2.33. The van der Waals surface area contributed by atoms with Gasteiger partial charge in [0.2, 0.25) is 0 Å². The summed E-state index contributed by atoms with van der Waals surface area (Å²) < 4.78 is 4.74. The maximum Gasteiger partial charge on any atom is 0.309 e. The lowest BCUT2D eigenvalue weighted by Gasteiger charge is -2.20. The fourth-order valence-electron chi connectivity index (χ4n) is 2.76. The molecule has 0 radical (unpaired) electrons. The minimum atomic E-state index is -0.0924. The van der Waals surface area contributed by atoms with Crippen molar-refractivity contribution in [2.24, 2.45) is 17.8 Å². The van der Waals surface area contributed by atoms with E-state index in [1.54, 1.807) is 0 Å². The van der Waals surface area contributed by atoms with E-state index in [4.69, 9.17) is 4.74 Å². The van der Waals surface area contributed by atoms with Crippen LogP contribution in [0.4, 0.5) is 0 Å². The highest BCUT2D eigenvalue weighted by Crippen LogP contribution is 2.26. The van der Waals surface area contributed by atoms with E-state index in [2.05, 4.69) is 10.2 Å². The van der Waals surface area contributed by atoms with E-state index in [0.29, 0.717) is 0 Å². The first-order valence-corrected chi connectivity index (χ1v) is 5.71. The van der Waals surface area contributed by atoms with Crippen molar-refractivity contribution >= 4 is 5.97 Å². The molecule has 1 N–H and O–H groups in total. The van der Waals surface area contributed by atoms with E-state index in [9.17, 15) is 4.79 Å². The largest absolute Gasteiger partial charge is 0.469 e. The van der Waals surface area contributed by atoms with Crippen LogP contribution in [0.2, 0.25) is 0 Å². The molecule has 2 aliphatic rings. The summed E-state index contributed by atoms with van der Waals surface area (Å²) >= 11 is 0. The number of esters is 1. The van der Waals surface area contributed by atoms with Crippen molar-refractivity contribution in [3.8, 4) is 0 Å². The van der Waals surface area contributed by atoms with Crippen LogP contribution < -0.4 is 5.32 Å². The molecular formula is C11H20N2O2. The molecule has 0 saturated carbocycles. The second-order valence-electron chi connectivity index (χ2n) is 4.82. The molecule has 0 bridgehead atoms. The number of hydrogen-bond donors (Lipinski definition) is 1. The van der Waals surface area contributed by atoms with Crippen molar-refractivity contribution in [3.05, 3.63) is 0 Å². The number of carbonyl (C=O) groups excluding carboxylic acids is 1. The predicted octanol–water partition coefficient (Wildman–Crippen LogP) is -0.0533. The SMILES string of the molecule is COC(=O)C(C)CN1C[C@H]2CNC[C@H]2C1. The Kier molecular flexibility index (Phi) is 3.26. The van der Waals surface area contributed by atoms with Crippen molar-refractivity contribution < 1.29 is 9.53 Å². The van der Waals surface area contributed by atoms with Crippen molar-refractivity contribution in [2.45, 2.75) is 6.92 Å². The van der Waals surface area contributed by atoms with Crippen LogP contribution in [-0.2, 0) is 9.53 Å². The lowest BCUT2D eigenvalue weighted by atomic mass is 10.0. The first-order chi connectivity index (χ1) is 7.20. The molecule has 4 nitrogen and oxygen atoms in total. The maximum atomic E-state index is 11.3. The van der Waals surface area contributed by atoms with Gasteiger partial charge in [-0.1, -0.05) is 6.92 Å². The molecule has 2 fully saturated rings. The number of rotatable bonds is 3. The van der Waals surface area contributed by atoms with E-state index in [-0.39, 0.29) is 11.9 Å². The van der Waals surface area contributed by atoms with Gasteiger partial charge in [-0.15, -0.1) is 0 Å². The summed E-state index contributed by atoms with van der Waals surface area (Å²) in [5.41, 5.74) is 0. The van der Waals surface area contributed by atoms with Crippen molar-refractivity contribution in [3.63, 3.8) is 0 Å². The number of nitrogens with one attached hydrogen (secondary N) is 1. The summed E-state index contributed by atoms with van der Waals surface area (Å²) in [5.74, 6) is 1.51. The molecule has 0 aromatic carbocycles. The molecule has 15 heavy (non-hydrogen) atoms. The molecule has 2 heterocycles. The maximum absolute atomic E-state index is 11.3. The summed E-state index contributed by atoms with van der Waals surface area (Å²) in [7, 11) is 1.46. The Hall–Kier alpha value is -0.610. The van der Waals surface area contributed by atoms with Gasteiger partial charge < -0.3 is 15.0 Å². The standard InChI is InChI=1S/C11H20N2O2/c1-8(11(14)15-2)5-13-6-9-3-12-4-10(9)7-13/h8-10,12H,3-7H2,1-2H3/t8?,9-,10+. The Morgan fingerprint density at radius 2 is 2.07 bits per heavy atom. The van der Waals surface area contributed by atoms with Gasteiger partial charge in [-0.3, -0.25) is 4.79 Å². The van der Waals surface area contributed by atoms with Gasteiger partial charge >= 0.3 is 5.97 Å². The van der Waals surface area contributed by atoms with Crippen LogP contribution >= 0.6 is 0 Å². The van der Waals surface area contributed by atoms with E-state index in [1.165, 1.54) is 7.11 Å². The van der Waals surface area contributed by atoms with E-state index < -0.39 is 0 Å². The molecule has 0 aromatic heterocycles. The van der Waals surface area contributed by atoms with Crippen LogP contribution in [0.5, 0.6) is 0 Å². The van der Waals surface area contributed by atoms with E-state index in [1.807, 2.05) is 6.92 Å². The molecule has 2 saturated heterocycles. The monoisotopic (exact) mass is 212 g/mol. The van der Waals surface area contributed by atoms with Crippen LogP contribution in [0.25, 0.3) is 0 Å². The topological polar surface area (TPSA) is 41.6 Å². The van der Waals surface area contributed by atoms with Crippen LogP contribution in [0.3, 0.4) is 0 Å². The van der Waals surface area contributed by atoms with Gasteiger partial charge in [0.25, 0.3) is 0 Å². The normalized spacial score (nSPS) is 32.7. The number of ether oxygens (including phenoxy) is 1. The zero-order chi connectivity index (χ0) is 10.8. The second-order valence-corrected chi connectivity index (χ2v) is 4.82. The van der Waals surface area contributed by atoms with Gasteiger partial charge in [-0.05, 0) is 24.9 Å². The van der Waals surface area contributed by atoms with Crippen molar-refractivity contribution in [2.75, 3.05) is 39.8 Å². The molecule has 4 heteroatoms. The molecule has 0 amide bonds. The fraction of sp³-hybridized carbons (Fsp3) is 0.909. The molecule has 2 aliphatic heterocycles. The Morgan fingerprint density at radius 3 is 2.60 bits per heavy atom. The number of hydrogen-bond acceptors (Lipinski definition) is 4. The molecule has 86 valence electrons. The molecule has 3 atom stereocenters. The number of methoxy groups -OCH3 is 1. The molecule has 2 rings (SSSR count). The van der Waals surface area contributed by atoms with Gasteiger partial charge in [0.15, 0.2) is 0 Å². The van der Waals surface area contributed by atoms with Crippen molar-refractivity contribution in [1.82, 2.24) is 10.2 Å². The molecule has 0 aromatic rings. The van der Waals surface area contributed by atoms with Crippen molar-refractivity contribution in [1.29, 1.82) is 0 Å². The second kappa shape index (κ2) is 4.49. The summed E-state index contributed by atoms with van der Waals surface area (Å²) in [6.07, 6.45) is 0. The van der Waals surface area contributed by atoms with E-state index >= 15 is 0 Å². The van der Waals surface area contributed by atoms with Crippen LogP contribution in [-0.4, -0.2) is 50.7 Å². The average molecular weight is 212 g/mol. The van der Waals surface area contributed by atoms with Crippen LogP contribution in [0, 0.1) is 17.8 Å². The Balaban J connectivity index is 1.79. The quantitative estimate of drug-likeness (QED) is 0.666. The van der Waals surface area contributed by atoms with Gasteiger partial charge in [-0.2, -0.15) is 0 Å². The predicted molar refractivity (Wildman–Crippen MR) is 57.5 cm³/mol. The van der Waals surface area contributed by atoms with Gasteiger partial charge in [-0.25, -0.2) is 0 Å². The highest BCUT2D eigenvalue weighted by atomic mass is 16.5.